The molecule has 0 aliphatic carbocycles. The minimum atomic E-state index is 0.473. The third-order valence-electron chi connectivity index (χ3n) is 3.13. The monoisotopic (exact) mass is 250 g/mol. The molecule has 1 N–H and O–H groups in total. The van der Waals surface area contributed by atoms with Gasteiger partial charge in [-0.25, -0.2) is 0 Å². The predicted octanol–water partition coefficient (Wildman–Crippen LogP) is 3.01. The van der Waals surface area contributed by atoms with Crippen LogP contribution in [0, 0.1) is 12.3 Å². The van der Waals surface area contributed by atoms with E-state index >= 15 is 0 Å². The Hall–Kier alpha value is -0.540. The van der Waals surface area contributed by atoms with Crippen LogP contribution in [0.25, 0.3) is 0 Å². The summed E-state index contributed by atoms with van der Waals surface area (Å²) in [5.74, 6) is 2.52. The van der Waals surface area contributed by atoms with Crippen LogP contribution >= 0.6 is 11.8 Å². The molecule has 2 rings (SSSR count). The Morgan fingerprint density at radius 3 is 3.00 bits per heavy atom. The number of nitrogens with zero attached hydrogens (tertiary/aromatic N) is 1. The molecule has 2 heterocycles. The average Bonchev–Trinajstić information content (AvgIpc) is 2.25. The highest BCUT2D eigenvalue weighted by Crippen LogP contribution is 2.33. The van der Waals surface area contributed by atoms with Gasteiger partial charge in [0.05, 0.1) is 5.69 Å². The van der Waals surface area contributed by atoms with Crippen molar-refractivity contribution in [2.75, 3.05) is 11.5 Å². The molecule has 0 saturated carbocycles. The number of thioether (sulfide) groups is 1. The predicted molar refractivity (Wildman–Crippen MR) is 75.3 cm³/mol. The van der Waals surface area contributed by atoms with Crippen molar-refractivity contribution < 1.29 is 0 Å². The highest BCUT2D eigenvalue weighted by atomic mass is 32.2. The molecule has 1 aliphatic rings. The molecule has 1 fully saturated rings. The van der Waals surface area contributed by atoms with Gasteiger partial charge in [-0.05, 0) is 36.6 Å². The highest BCUT2D eigenvalue weighted by molar-refractivity contribution is 7.99. The van der Waals surface area contributed by atoms with Crippen LogP contribution in [0.15, 0.2) is 18.2 Å². The second-order valence-corrected chi connectivity index (χ2v) is 6.76. The third kappa shape index (κ3) is 4.00. The zero-order chi connectivity index (χ0) is 12.3. The number of rotatable bonds is 3. The van der Waals surface area contributed by atoms with Crippen LogP contribution in [0.4, 0.5) is 0 Å². The van der Waals surface area contributed by atoms with Crippen LogP contribution in [0.2, 0.25) is 0 Å². The van der Waals surface area contributed by atoms with E-state index in [-0.39, 0.29) is 0 Å². The molecule has 0 aromatic carbocycles. The van der Waals surface area contributed by atoms with Gasteiger partial charge in [0, 0.05) is 24.0 Å². The lowest BCUT2D eigenvalue weighted by Crippen LogP contribution is -2.40. The van der Waals surface area contributed by atoms with Crippen molar-refractivity contribution in [2.24, 2.45) is 5.41 Å². The summed E-state index contributed by atoms with van der Waals surface area (Å²) in [7, 11) is 0. The Morgan fingerprint density at radius 1 is 1.47 bits per heavy atom. The number of hydrogen-bond acceptors (Lipinski definition) is 3. The second-order valence-electron chi connectivity index (χ2n) is 5.73. The molecule has 1 aromatic heterocycles. The van der Waals surface area contributed by atoms with E-state index in [0.717, 1.165) is 17.9 Å². The maximum absolute atomic E-state index is 4.52. The quantitative estimate of drug-likeness (QED) is 0.892. The topological polar surface area (TPSA) is 24.9 Å². The summed E-state index contributed by atoms with van der Waals surface area (Å²) in [5.41, 5.74) is 2.72. The second kappa shape index (κ2) is 5.40. The summed E-state index contributed by atoms with van der Waals surface area (Å²) in [6.45, 7) is 7.66. The Morgan fingerprint density at radius 2 is 2.29 bits per heavy atom. The molecule has 0 spiro atoms. The Bertz CT molecular complexity index is 376. The van der Waals surface area contributed by atoms with Crippen LogP contribution in [0.3, 0.4) is 0 Å². The number of pyridine rings is 1. The summed E-state index contributed by atoms with van der Waals surface area (Å²) in [6.07, 6.45) is 1.27. The highest BCUT2D eigenvalue weighted by Gasteiger charge is 2.27. The maximum Gasteiger partial charge on any atom is 0.0544 e. The van der Waals surface area contributed by atoms with Crippen LogP contribution < -0.4 is 5.32 Å². The number of hydrogen-bond donors (Lipinski definition) is 1. The molecule has 1 saturated heterocycles. The third-order valence-corrected chi connectivity index (χ3v) is 4.75. The van der Waals surface area contributed by atoms with Gasteiger partial charge >= 0.3 is 0 Å². The van der Waals surface area contributed by atoms with Gasteiger partial charge in [0.2, 0.25) is 0 Å². The van der Waals surface area contributed by atoms with Crippen molar-refractivity contribution >= 4 is 11.8 Å². The molecule has 1 aromatic rings. The molecule has 17 heavy (non-hydrogen) atoms. The van der Waals surface area contributed by atoms with Gasteiger partial charge in [-0.15, -0.1) is 0 Å². The van der Waals surface area contributed by atoms with E-state index < -0.39 is 0 Å². The Kier molecular flexibility index (Phi) is 4.10. The van der Waals surface area contributed by atoms with Gasteiger partial charge in [-0.2, -0.15) is 11.8 Å². The maximum atomic E-state index is 4.52. The van der Waals surface area contributed by atoms with Crippen molar-refractivity contribution in [3.8, 4) is 0 Å². The summed E-state index contributed by atoms with van der Waals surface area (Å²) in [5, 5.41) is 3.64. The normalized spacial score (nSPS) is 23.6. The minimum absolute atomic E-state index is 0.473. The van der Waals surface area contributed by atoms with Crippen LogP contribution in [0.5, 0.6) is 0 Å². The van der Waals surface area contributed by atoms with E-state index in [1.165, 1.54) is 17.9 Å². The first-order chi connectivity index (χ1) is 8.05. The molecule has 0 amide bonds. The number of nitrogens with one attached hydrogen (secondary N) is 1. The lowest BCUT2D eigenvalue weighted by atomic mass is 9.88. The van der Waals surface area contributed by atoms with Gasteiger partial charge in [0.15, 0.2) is 0 Å². The van der Waals surface area contributed by atoms with Gasteiger partial charge in [-0.3, -0.25) is 4.98 Å². The fourth-order valence-electron chi connectivity index (χ4n) is 2.34. The van der Waals surface area contributed by atoms with Gasteiger partial charge in [-0.1, -0.05) is 19.9 Å². The van der Waals surface area contributed by atoms with Crippen LogP contribution in [-0.4, -0.2) is 22.5 Å². The summed E-state index contributed by atoms with van der Waals surface area (Å²) >= 11 is 2.07. The first-order valence-electron chi connectivity index (χ1n) is 6.29. The molecular weight excluding hydrogens is 228 g/mol. The molecule has 0 bridgehead atoms. The minimum Gasteiger partial charge on any atom is -0.308 e. The van der Waals surface area contributed by atoms with Crippen molar-refractivity contribution in [3.63, 3.8) is 0 Å². The number of aryl methyl sites for hydroxylation is 1. The van der Waals surface area contributed by atoms with E-state index in [0.29, 0.717) is 11.5 Å². The average molecular weight is 250 g/mol. The Balaban J connectivity index is 1.86. The Labute approximate surface area is 109 Å². The standard InChI is InChI=1S/C14H22N2S/c1-11-5-4-6-12(16-11)8-15-13-7-14(2,3)10-17-9-13/h4-6,13,15H,7-10H2,1-3H3. The zero-order valence-corrected chi connectivity index (χ0v) is 11.8. The molecule has 1 unspecified atom stereocenters. The van der Waals surface area contributed by atoms with Crippen LogP contribution in [0.1, 0.15) is 31.7 Å². The lowest BCUT2D eigenvalue weighted by Gasteiger charge is -2.35. The molecule has 2 nitrogen and oxygen atoms in total. The fraction of sp³-hybridized carbons (Fsp3) is 0.643. The lowest BCUT2D eigenvalue weighted by molar-refractivity contribution is 0.316. The van der Waals surface area contributed by atoms with Gasteiger partial charge < -0.3 is 5.32 Å². The SMILES string of the molecule is Cc1cccc(CNC2CSCC(C)(C)C2)n1. The van der Waals surface area contributed by atoms with E-state index in [2.05, 4.69) is 48.0 Å². The summed E-state index contributed by atoms with van der Waals surface area (Å²) in [6, 6.07) is 6.86. The van der Waals surface area contributed by atoms with Crippen molar-refractivity contribution in [1.29, 1.82) is 0 Å². The molecular formula is C14H22N2S. The van der Waals surface area contributed by atoms with Gasteiger partial charge in [0.1, 0.15) is 0 Å². The molecule has 3 heteroatoms. The zero-order valence-electron chi connectivity index (χ0n) is 11.0. The van der Waals surface area contributed by atoms with Crippen molar-refractivity contribution in [1.82, 2.24) is 10.3 Å². The molecule has 1 aliphatic heterocycles. The molecule has 0 radical (unpaired) electrons. The van der Waals surface area contributed by atoms with E-state index in [1.54, 1.807) is 0 Å². The smallest absolute Gasteiger partial charge is 0.0544 e. The first-order valence-corrected chi connectivity index (χ1v) is 7.44. The van der Waals surface area contributed by atoms with E-state index in [1.807, 2.05) is 13.0 Å². The van der Waals surface area contributed by atoms with Crippen LogP contribution in [-0.2, 0) is 6.54 Å². The van der Waals surface area contributed by atoms with E-state index in [4.69, 9.17) is 0 Å². The molecule has 1 atom stereocenters. The number of aromatic nitrogens is 1. The largest absolute Gasteiger partial charge is 0.308 e. The summed E-state index contributed by atoms with van der Waals surface area (Å²) in [4.78, 5) is 4.52. The first kappa shape index (κ1) is 12.9. The summed E-state index contributed by atoms with van der Waals surface area (Å²) < 4.78 is 0. The van der Waals surface area contributed by atoms with Crippen molar-refractivity contribution in [3.05, 3.63) is 29.6 Å². The molecule has 94 valence electrons. The fourth-order valence-corrected chi connectivity index (χ4v) is 3.65. The van der Waals surface area contributed by atoms with Gasteiger partial charge in [0.25, 0.3) is 0 Å². The van der Waals surface area contributed by atoms with Crippen molar-refractivity contribution in [2.45, 2.75) is 39.8 Å². The van der Waals surface area contributed by atoms with E-state index in [9.17, 15) is 0 Å².